The average Bonchev–Trinajstić information content (AvgIpc) is 2.41. The van der Waals surface area contributed by atoms with Crippen LogP contribution in [0.2, 0.25) is 0 Å². The van der Waals surface area contributed by atoms with Crippen molar-refractivity contribution in [1.82, 2.24) is 0 Å². The van der Waals surface area contributed by atoms with Gasteiger partial charge in [0.2, 0.25) is 0 Å². The van der Waals surface area contributed by atoms with E-state index in [1.54, 1.807) is 7.05 Å². The zero-order valence-corrected chi connectivity index (χ0v) is 13.4. The summed E-state index contributed by atoms with van der Waals surface area (Å²) in [5.74, 6) is 4.82. The Bertz CT molecular complexity index is 240. The molecule has 0 atom stereocenters. The number of nitrogens with zero attached hydrogens (tertiary/aromatic N) is 1. The molecule has 2 heteroatoms. The molecule has 0 aromatic rings. The molecule has 0 fully saturated rings. The highest BCUT2D eigenvalue weighted by atomic mass is 32.2. The number of allylic oxidation sites excluding steroid dienone is 2. The van der Waals surface area contributed by atoms with Crippen molar-refractivity contribution in [3.8, 4) is 0 Å². The third-order valence-corrected chi connectivity index (χ3v) is 3.99. The van der Waals surface area contributed by atoms with Crippen LogP contribution in [-0.4, -0.2) is 24.4 Å². The monoisotopic (exact) mass is 255 g/mol. The van der Waals surface area contributed by atoms with Gasteiger partial charge in [-0.3, -0.25) is 0 Å². The van der Waals surface area contributed by atoms with Crippen LogP contribution >= 0.6 is 11.8 Å². The molecule has 0 bridgehead atoms. The zero-order chi connectivity index (χ0) is 13.9. The number of aliphatic imine (C=N–C) groups is 1. The van der Waals surface area contributed by atoms with Crippen molar-refractivity contribution < 1.29 is 0 Å². The Morgan fingerprint density at radius 1 is 1.06 bits per heavy atom. The van der Waals surface area contributed by atoms with Crippen molar-refractivity contribution in [3.05, 3.63) is 18.7 Å². The van der Waals surface area contributed by atoms with Crippen LogP contribution in [0.25, 0.3) is 0 Å². The first-order valence-electron chi connectivity index (χ1n) is 6.22. The molecule has 0 aromatic heterocycles. The predicted octanol–water partition coefficient (Wildman–Crippen LogP) is 4.84. The molecule has 0 saturated heterocycles. The topological polar surface area (TPSA) is 12.4 Å². The van der Waals surface area contributed by atoms with Gasteiger partial charge in [-0.25, -0.2) is 4.99 Å². The van der Waals surface area contributed by atoms with Crippen molar-refractivity contribution in [1.29, 1.82) is 0 Å². The Labute approximate surface area is 112 Å². The van der Waals surface area contributed by atoms with Crippen LogP contribution in [0.5, 0.6) is 0 Å². The minimum absolute atomic E-state index is 0.401. The summed E-state index contributed by atoms with van der Waals surface area (Å²) in [5, 5.41) is 0. The van der Waals surface area contributed by atoms with Crippen LogP contribution < -0.4 is 0 Å². The van der Waals surface area contributed by atoms with E-state index < -0.39 is 0 Å². The fourth-order valence-corrected chi connectivity index (χ4v) is 2.47. The largest absolute Gasteiger partial charge is 0.247 e. The molecule has 1 rings (SSSR count). The molecule has 0 aromatic carbocycles. The molecular formula is C15H29NS. The molecular weight excluding hydrogens is 226 g/mol. The van der Waals surface area contributed by atoms with Gasteiger partial charge in [0.05, 0.1) is 0 Å². The highest BCUT2D eigenvalue weighted by molar-refractivity contribution is 7.99. The summed E-state index contributed by atoms with van der Waals surface area (Å²) in [5.41, 5.74) is 0.802. The van der Waals surface area contributed by atoms with E-state index in [4.69, 9.17) is 0 Å². The van der Waals surface area contributed by atoms with Gasteiger partial charge in [0, 0.05) is 18.6 Å². The van der Waals surface area contributed by atoms with Crippen molar-refractivity contribution in [2.45, 2.75) is 41.5 Å². The highest BCUT2D eigenvalue weighted by Crippen LogP contribution is 2.34. The quantitative estimate of drug-likeness (QED) is 0.445. The molecule has 0 spiro atoms. The lowest BCUT2D eigenvalue weighted by molar-refractivity contribution is 0.531. The van der Waals surface area contributed by atoms with E-state index in [0.717, 1.165) is 0 Å². The Kier molecular flexibility index (Phi) is 10.6. The van der Waals surface area contributed by atoms with Gasteiger partial charge in [0.15, 0.2) is 0 Å². The third-order valence-electron chi connectivity index (χ3n) is 2.09. The maximum atomic E-state index is 3.38. The lowest BCUT2D eigenvalue weighted by Gasteiger charge is -2.17. The Hall–Kier alpha value is -0.460. The van der Waals surface area contributed by atoms with Gasteiger partial charge in [-0.2, -0.15) is 11.8 Å². The van der Waals surface area contributed by atoms with Crippen LogP contribution in [-0.2, 0) is 0 Å². The highest BCUT2D eigenvalue weighted by Gasteiger charge is 2.23. The summed E-state index contributed by atoms with van der Waals surface area (Å²) in [4.78, 5) is 3.38. The van der Waals surface area contributed by atoms with E-state index in [1.807, 2.05) is 13.8 Å². The van der Waals surface area contributed by atoms with Crippen LogP contribution in [0.15, 0.2) is 23.7 Å². The van der Waals surface area contributed by atoms with Crippen molar-refractivity contribution in [3.63, 3.8) is 0 Å². The van der Waals surface area contributed by atoms with E-state index in [-0.39, 0.29) is 0 Å². The number of rotatable bonds is 0. The maximum Gasteiger partial charge on any atom is 0.0371 e. The second kappa shape index (κ2) is 9.56. The summed E-state index contributed by atoms with van der Waals surface area (Å²) >= 11 is 2.07. The number of hydrogen-bond acceptors (Lipinski definition) is 2. The smallest absolute Gasteiger partial charge is 0.0371 e. The Balaban J connectivity index is 0. The molecule has 0 N–H and O–H groups in total. The summed E-state index contributed by atoms with van der Waals surface area (Å²) in [6, 6.07) is 0. The normalized spacial score (nSPS) is 19.5. The van der Waals surface area contributed by atoms with Crippen molar-refractivity contribution in [2.24, 2.45) is 15.8 Å². The number of thioether (sulfide) groups is 1. The van der Waals surface area contributed by atoms with E-state index >= 15 is 0 Å². The van der Waals surface area contributed by atoms with Crippen LogP contribution in [0.1, 0.15) is 41.5 Å². The zero-order valence-electron chi connectivity index (χ0n) is 12.6. The minimum atomic E-state index is 0.401. The van der Waals surface area contributed by atoms with E-state index in [2.05, 4.69) is 69.1 Å². The van der Waals surface area contributed by atoms with Crippen LogP contribution in [0.3, 0.4) is 0 Å². The molecule has 1 aliphatic rings. The summed E-state index contributed by atoms with van der Waals surface area (Å²) in [6.07, 6.45) is 4.74. The first-order chi connectivity index (χ1) is 7.83. The maximum absolute atomic E-state index is 3.38. The SMILES string of the molecule is C=C=NC.CC.CC1(C)C=CC(C)(C)CSC1. The third kappa shape index (κ3) is 11.8. The Morgan fingerprint density at radius 2 is 1.35 bits per heavy atom. The summed E-state index contributed by atoms with van der Waals surface area (Å²) < 4.78 is 0. The summed E-state index contributed by atoms with van der Waals surface area (Å²) in [6.45, 7) is 16.4. The first-order valence-corrected chi connectivity index (χ1v) is 7.37. The Morgan fingerprint density at radius 3 is 1.59 bits per heavy atom. The van der Waals surface area contributed by atoms with E-state index in [1.165, 1.54) is 11.5 Å². The molecule has 0 radical (unpaired) electrons. The lowest BCUT2D eigenvalue weighted by Crippen LogP contribution is -2.09. The molecule has 100 valence electrons. The van der Waals surface area contributed by atoms with Gasteiger partial charge in [-0.05, 0) is 23.3 Å². The van der Waals surface area contributed by atoms with Crippen molar-refractivity contribution >= 4 is 17.6 Å². The molecule has 0 aliphatic carbocycles. The second-order valence-corrected chi connectivity index (χ2v) is 6.17. The molecule has 0 amide bonds. The van der Waals surface area contributed by atoms with Gasteiger partial charge in [-0.1, -0.05) is 53.7 Å². The molecule has 1 heterocycles. The van der Waals surface area contributed by atoms with Gasteiger partial charge in [-0.15, -0.1) is 0 Å². The predicted molar refractivity (Wildman–Crippen MR) is 84.4 cm³/mol. The average molecular weight is 255 g/mol. The summed E-state index contributed by atoms with van der Waals surface area (Å²) in [7, 11) is 1.63. The van der Waals surface area contributed by atoms with Crippen molar-refractivity contribution in [2.75, 3.05) is 18.6 Å². The van der Waals surface area contributed by atoms with E-state index in [0.29, 0.717) is 10.8 Å². The second-order valence-electron chi connectivity index (χ2n) is 5.19. The molecule has 1 nitrogen and oxygen atoms in total. The fourth-order valence-electron chi connectivity index (χ4n) is 1.12. The van der Waals surface area contributed by atoms with Gasteiger partial charge >= 0.3 is 0 Å². The lowest BCUT2D eigenvalue weighted by atomic mass is 9.89. The molecule has 0 unspecified atom stereocenters. The van der Waals surface area contributed by atoms with Crippen LogP contribution in [0, 0.1) is 10.8 Å². The van der Waals surface area contributed by atoms with Gasteiger partial charge in [0.1, 0.15) is 0 Å². The number of hydrogen-bond donors (Lipinski definition) is 0. The van der Waals surface area contributed by atoms with Gasteiger partial charge in [0.25, 0.3) is 0 Å². The van der Waals surface area contributed by atoms with E-state index in [9.17, 15) is 0 Å². The standard InChI is InChI=1S/C10H18S.C3H5N.C2H6/c1-9(2)5-6-10(3,4)8-11-7-9;1-3-4-2;1-2/h5-6H,7-8H2,1-4H3;1H2,2H3;1-2H3. The molecule has 1 aliphatic heterocycles. The fraction of sp³-hybridized carbons (Fsp3) is 0.733. The molecule has 0 saturated carbocycles. The minimum Gasteiger partial charge on any atom is -0.247 e. The van der Waals surface area contributed by atoms with Crippen LogP contribution in [0.4, 0.5) is 0 Å². The first kappa shape index (κ1) is 18.9. The van der Waals surface area contributed by atoms with Gasteiger partial charge < -0.3 is 0 Å². The molecule has 17 heavy (non-hydrogen) atoms.